The van der Waals surface area contributed by atoms with Crippen LogP contribution in [0.4, 0.5) is 0 Å². The summed E-state index contributed by atoms with van der Waals surface area (Å²) in [5.74, 6) is 2.61. The first-order valence-corrected chi connectivity index (χ1v) is 7.01. The fourth-order valence-electron chi connectivity index (χ4n) is 1.69. The fraction of sp³-hybridized carbons (Fsp3) is 1.00. The summed E-state index contributed by atoms with van der Waals surface area (Å²) >= 11 is 2.07. The standard InChI is InChI=1S/C11H24N2OS/c1-11(3-8-14-2)12-4-5-13-6-9-15-10-7-13/h11-12H,3-10H2,1-2H3. The van der Waals surface area contributed by atoms with Crippen LogP contribution >= 0.6 is 11.8 Å². The molecule has 0 amide bonds. The van der Waals surface area contributed by atoms with Gasteiger partial charge in [0.05, 0.1) is 0 Å². The summed E-state index contributed by atoms with van der Waals surface area (Å²) in [6, 6.07) is 0.573. The third-order valence-electron chi connectivity index (χ3n) is 2.78. The van der Waals surface area contributed by atoms with Gasteiger partial charge in [0.25, 0.3) is 0 Å². The molecular weight excluding hydrogens is 208 g/mol. The van der Waals surface area contributed by atoms with E-state index in [1.165, 1.54) is 31.1 Å². The minimum atomic E-state index is 0.573. The van der Waals surface area contributed by atoms with E-state index in [0.717, 1.165) is 19.6 Å². The topological polar surface area (TPSA) is 24.5 Å². The van der Waals surface area contributed by atoms with Crippen LogP contribution in [0.25, 0.3) is 0 Å². The Morgan fingerprint density at radius 3 is 2.80 bits per heavy atom. The van der Waals surface area contributed by atoms with Crippen LogP contribution in [0, 0.1) is 0 Å². The van der Waals surface area contributed by atoms with Crippen LogP contribution in [0.5, 0.6) is 0 Å². The Kier molecular flexibility index (Phi) is 7.44. The number of hydrogen-bond donors (Lipinski definition) is 1. The molecule has 0 radical (unpaired) electrons. The van der Waals surface area contributed by atoms with Crippen LogP contribution in [0.2, 0.25) is 0 Å². The fourth-order valence-corrected chi connectivity index (χ4v) is 2.67. The SMILES string of the molecule is COCCC(C)NCCN1CCSCC1. The average molecular weight is 232 g/mol. The van der Waals surface area contributed by atoms with Gasteiger partial charge in [-0.25, -0.2) is 0 Å². The second-order valence-corrected chi connectivity index (χ2v) is 5.32. The predicted octanol–water partition coefficient (Wildman–Crippen LogP) is 1.05. The largest absolute Gasteiger partial charge is 0.385 e. The lowest BCUT2D eigenvalue weighted by atomic mass is 10.2. The van der Waals surface area contributed by atoms with E-state index in [2.05, 4.69) is 28.9 Å². The van der Waals surface area contributed by atoms with Gasteiger partial charge < -0.3 is 15.0 Å². The van der Waals surface area contributed by atoms with E-state index >= 15 is 0 Å². The zero-order chi connectivity index (χ0) is 10.9. The maximum Gasteiger partial charge on any atom is 0.0476 e. The van der Waals surface area contributed by atoms with E-state index in [9.17, 15) is 0 Å². The highest BCUT2D eigenvalue weighted by Gasteiger charge is 2.09. The molecular formula is C11H24N2OS. The van der Waals surface area contributed by atoms with Crippen molar-refractivity contribution in [1.82, 2.24) is 10.2 Å². The average Bonchev–Trinajstić information content (AvgIpc) is 2.28. The molecule has 1 N–H and O–H groups in total. The highest BCUT2D eigenvalue weighted by molar-refractivity contribution is 7.99. The van der Waals surface area contributed by atoms with Crippen molar-refractivity contribution in [1.29, 1.82) is 0 Å². The number of hydrogen-bond acceptors (Lipinski definition) is 4. The molecule has 1 aliphatic rings. The molecule has 1 rings (SSSR count). The Balaban J connectivity index is 1.94. The predicted molar refractivity (Wildman–Crippen MR) is 67.7 cm³/mol. The monoisotopic (exact) mass is 232 g/mol. The second kappa shape index (κ2) is 8.39. The van der Waals surface area contributed by atoms with E-state index < -0.39 is 0 Å². The van der Waals surface area contributed by atoms with Crippen molar-refractivity contribution in [3.63, 3.8) is 0 Å². The Hall–Kier alpha value is 0.230. The number of methoxy groups -OCH3 is 1. The molecule has 1 aliphatic heterocycles. The van der Waals surface area contributed by atoms with Gasteiger partial charge in [-0.15, -0.1) is 0 Å². The summed E-state index contributed by atoms with van der Waals surface area (Å²) in [6.45, 7) is 7.91. The number of thioether (sulfide) groups is 1. The van der Waals surface area contributed by atoms with Crippen LogP contribution in [0.1, 0.15) is 13.3 Å². The van der Waals surface area contributed by atoms with E-state index in [0.29, 0.717) is 6.04 Å². The Bertz CT molecular complexity index is 152. The molecule has 15 heavy (non-hydrogen) atoms. The molecule has 0 aliphatic carbocycles. The van der Waals surface area contributed by atoms with Crippen molar-refractivity contribution in [3.8, 4) is 0 Å². The molecule has 4 heteroatoms. The maximum absolute atomic E-state index is 5.06. The van der Waals surface area contributed by atoms with Crippen LogP contribution < -0.4 is 5.32 Å². The van der Waals surface area contributed by atoms with Crippen molar-refractivity contribution in [3.05, 3.63) is 0 Å². The Labute approximate surface area is 97.9 Å². The summed E-state index contributed by atoms with van der Waals surface area (Å²) in [5.41, 5.74) is 0. The van der Waals surface area contributed by atoms with E-state index in [1.54, 1.807) is 7.11 Å². The van der Waals surface area contributed by atoms with Gasteiger partial charge in [0, 0.05) is 57.4 Å². The minimum absolute atomic E-state index is 0.573. The zero-order valence-corrected chi connectivity index (χ0v) is 10.8. The van der Waals surface area contributed by atoms with Crippen LogP contribution in [0.15, 0.2) is 0 Å². The quantitative estimate of drug-likeness (QED) is 0.709. The third kappa shape index (κ3) is 6.40. The van der Waals surface area contributed by atoms with Gasteiger partial charge in [0.15, 0.2) is 0 Å². The van der Waals surface area contributed by atoms with Crippen molar-refractivity contribution in [2.75, 3.05) is 51.4 Å². The molecule has 0 aromatic heterocycles. The van der Waals surface area contributed by atoms with Crippen LogP contribution in [0.3, 0.4) is 0 Å². The molecule has 1 fully saturated rings. The summed E-state index contributed by atoms with van der Waals surface area (Å²) < 4.78 is 5.06. The Morgan fingerprint density at radius 1 is 1.40 bits per heavy atom. The summed E-state index contributed by atoms with van der Waals surface area (Å²) in [5, 5.41) is 3.54. The molecule has 0 bridgehead atoms. The number of rotatable bonds is 7. The third-order valence-corrected chi connectivity index (χ3v) is 3.72. The van der Waals surface area contributed by atoms with Gasteiger partial charge >= 0.3 is 0 Å². The zero-order valence-electron chi connectivity index (χ0n) is 10.00. The smallest absolute Gasteiger partial charge is 0.0476 e. The molecule has 0 aromatic carbocycles. The molecule has 1 atom stereocenters. The second-order valence-electron chi connectivity index (χ2n) is 4.09. The van der Waals surface area contributed by atoms with Crippen molar-refractivity contribution < 1.29 is 4.74 Å². The van der Waals surface area contributed by atoms with Gasteiger partial charge in [0.1, 0.15) is 0 Å². The lowest BCUT2D eigenvalue weighted by Gasteiger charge is -2.26. The number of ether oxygens (including phenoxy) is 1. The van der Waals surface area contributed by atoms with Crippen molar-refractivity contribution in [2.24, 2.45) is 0 Å². The maximum atomic E-state index is 5.06. The Morgan fingerprint density at radius 2 is 2.13 bits per heavy atom. The van der Waals surface area contributed by atoms with E-state index in [-0.39, 0.29) is 0 Å². The highest BCUT2D eigenvalue weighted by atomic mass is 32.2. The van der Waals surface area contributed by atoms with Gasteiger partial charge in [-0.3, -0.25) is 0 Å². The van der Waals surface area contributed by atoms with Gasteiger partial charge in [-0.05, 0) is 13.3 Å². The first kappa shape index (κ1) is 13.3. The van der Waals surface area contributed by atoms with Crippen molar-refractivity contribution in [2.45, 2.75) is 19.4 Å². The molecule has 1 unspecified atom stereocenters. The van der Waals surface area contributed by atoms with Gasteiger partial charge in [-0.2, -0.15) is 11.8 Å². The van der Waals surface area contributed by atoms with Crippen molar-refractivity contribution >= 4 is 11.8 Å². The molecule has 1 saturated heterocycles. The van der Waals surface area contributed by atoms with E-state index in [4.69, 9.17) is 4.74 Å². The molecule has 1 heterocycles. The minimum Gasteiger partial charge on any atom is -0.385 e. The highest BCUT2D eigenvalue weighted by Crippen LogP contribution is 2.07. The molecule has 0 saturated carbocycles. The molecule has 90 valence electrons. The molecule has 3 nitrogen and oxygen atoms in total. The summed E-state index contributed by atoms with van der Waals surface area (Å²) in [7, 11) is 1.76. The number of nitrogens with one attached hydrogen (secondary N) is 1. The van der Waals surface area contributed by atoms with Crippen LogP contribution in [-0.2, 0) is 4.74 Å². The van der Waals surface area contributed by atoms with Gasteiger partial charge in [-0.1, -0.05) is 0 Å². The van der Waals surface area contributed by atoms with Crippen LogP contribution in [-0.4, -0.2) is 62.3 Å². The first-order valence-electron chi connectivity index (χ1n) is 5.85. The number of nitrogens with zero attached hydrogens (tertiary/aromatic N) is 1. The summed E-state index contributed by atoms with van der Waals surface area (Å²) in [4.78, 5) is 2.55. The van der Waals surface area contributed by atoms with E-state index in [1.807, 2.05) is 0 Å². The van der Waals surface area contributed by atoms with Gasteiger partial charge in [0.2, 0.25) is 0 Å². The first-order chi connectivity index (χ1) is 7.33. The molecule has 0 aromatic rings. The summed E-state index contributed by atoms with van der Waals surface area (Å²) in [6.07, 6.45) is 1.10. The normalized spacial score (nSPS) is 20.4. The molecule has 0 spiro atoms. The lowest BCUT2D eigenvalue weighted by molar-refractivity contribution is 0.183. The lowest BCUT2D eigenvalue weighted by Crippen LogP contribution is -2.40.